The van der Waals surface area contributed by atoms with Crippen molar-refractivity contribution >= 4 is 5.97 Å². The standard InChI is InChI=1S/C20H30O2/c1-5-18(2)12-9-15-14(13-18)7-8-16-19(15,3)10-6-11-20(16,4)17(21)22/h5,13,15-16H,1,6-12H2,2-4H3,(H,21,22)/p-1/t15-,16-,18+,19-,20-/m1/s1. The van der Waals surface area contributed by atoms with Gasteiger partial charge in [0.05, 0.1) is 0 Å². The predicted octanol–water partition coefficient (Wildman–Crippen LogP) is 3.87. The van der Waals surface area contributed by atoms with Crippen LogP contribution in [0.15, 0.2) is 24.3 Å². The Morgan fingerprint density at radius 2 is 2.00 bits per heavy atom. The predicted molar refractivity (Wildman–Crippen MR) is 86.9 cm³/mol. The number of allylic oxidation sites excluding steroid dienone is 3. The van der Waals surface area contributed by atoms with Gasteiger partial charge in [-0.2, -0.15) is 0 Å². The van der Waals surface area contributed by atoms with Crippen LogP contribution in [0.4, 0.5) is 0 Å². The van der Waals surface area contributed by atoms with E-state index < -0.39 is 11.4 Å². The molecule has 0 aromatic heterocycles. The van der Waals surface area contributed by atoms with Gasteiger partial charge in [-0.1, -0.05) is 44.9 Å². The van der Waals surface area contributed by atoms with Gasteiger partial charge in [-0.15, -0.1) is 6.58 Å². The molecule has 122 valence electrons. The maximum atomic E-state index is 11.8. The van der Waals surface area contributed by atoms with Crippen molar-refractivity contribution in [2.24, 2.45) is 28.1 Å². The maximum Gasteiger partial charge on any atom is 0.0476 e. The number of carboxylic acid groups (broad SMARTS) is 1. The molecule has 2 heteroatoms. The van der Waals surface area contributed by atoms with Crippen LogP contribution in [-0.2, 0) is 4.79 Å². The summed E-state index contributed by atoms with van der Waals surface area (Å²) in [6.45, 7) is 10.6. The largest absolute Gasteiger partial charge is 0.550 e. The summed E-state index contributed by atoms with van der Waals surface area (Å²) in [5.74, 6) is -0.0187. The molecule has 0 unspecified atom stereocenters. The fourth-order valence-corrected chi connectivity index (χ4v) is 5.93. The fourth-order valence-electron chi connectivity index (χ4n) is 5.93. The van der Waals surface area contributed by atoms with Gasteiger partial charge in [0.1, 0.15) is 0 Å². The van der Waals surface area contributed by atoms with Crippen LogP contribution >= 0.6 is 0 Å². The second kappa shape index (κ2) is 4.97. The van der Waals surface area contributed by atoms with Crippen LogP contribution in [0.1, 0.15) is 65.7 Å². The molecule has 3 aliphatic carbocycles. The van der Waals surface area contributed by atoms with E-state index in [2.05, 4.69) is 32.6 Å². The topological polar surface area (TPSA) is 40.1 Å². The zero-order valence-corrected chi connectivity index (χ0v) is 14.3. The van der Waals surface area contributed by atoms with Gasteiger partial charge >= 0.3 is 0 Å². The summed E-state index contributed by atoms with van der Waals surface area (Å²) < 4.78 is 0. The first kappa shape index (κ1) is 15.8. The lowest BCUT2D eigenvalue weighted by atomic mass is 9.45. The highest BCUT2D eigenvalue weighted by molar-refractivity contribution is 5.73. The number of rotatable bonds is 2. The average molecular weight is 301 g/mol. The number of carboxylic acids is 1. The lowest BCUT2D eigenvalue weighted by Gasteiger charge is -2.60. The Kier molecular flexibility index (Phi) is 3.58. The van der Waals surface area contributed by atoms with Crippen molar-refractivity contribution < 1.29 is 9.90 Å². The molecule has 22 heavy (non-hydrogen) atoms. The molecule has 3 rings (SSSR count). The van der Waals surface area contributed by atoms with Gasteiger partial charge < -0.3 is 9.90 Å². The number of carbonyl (C=O) groups is 1. The molecule has 0 radical (unpaired) electrons. The molecule has 0 aromatic carbocycles. The van der Waals surface area contributed by atoms with Gasteiger partial charge in [-0.05, 0) is 55.8 Å². The van der Waals surface area contributed by atoms with E-state index in [0.717, 1.165) is 38.5 Å². The summed E-state index contributed by atoms with van der Waals surface area (Å²) in [7, 11) is 0. The SMILES string of the molecule is C=C[C@]1(C)C=C2CC[C@@H]3[C@](C)(CCC[C@@]3(C)C(=O)[O-])[C@@H]2CC1. The second-order valence-corrected chi connectivity index (χ2v) is 8.68. The van der Waals surface area contributed by atoms with Crippen LogP contribution in [0, 0.1) is 28.1 Å². The molecule has 3 aliphatic rings. The molecule has 2 saturated carbocycles. The first-order chi connectivity index (χ1) is 10.3. The van der Waals surface area contributed by atoms with Crippen LogP contribution in [0.25, 0.3) is 0 Å². The zero-order valence-electron chi connectivity index (χ0n) is 14.3. The van der Waals surface area contributed by atoms with Gasteiger partial charge in [-0.25, -0.2) is 0 Å². The van der Waals surface area contributed by atoms with E-state index in [1.807, 2.05) is 6.92 Å². The average Bonchev–Trinajstić information content (AvgIpc) is 2.46. The minimum Gasteiger partial charge on any atom is -0.550 e. The van der Waals surface area contributed by atoms with Crippen molar-refractivity contribution in [3.05, 3.63) is 24.3 Å². The van der Waals surface area contributed by atoms with E-state index in [9.17, 15) is 9.90 Å². The number of hydrogen-bond donors (Lipinski definition) is 0. The molecule has 0 bridgehead atoms. The Morgan fingerprint density at radius 1 is 1.27 bits per heavy atom. The van der Waals surface area contributed by atoms with Crippen molar-refractivity contribution in [1.82, 2.24) is 0 Å². The van der Waals surface area contributed by atoms with Gasteiger partial charge in [0.2, 0.25) is 0 Å². The van der Waals surface area contributed by atoms with Crippen molar-refractivity contribution in [3.63, 3.8) is 0 Å². The van der Waals surface area contributed by atoms with Gasteiger partial charge in [0, 0.05) is 16.8 Å². The molecule has 0 aromatic rings. The first-order valence-electron chi connectivity index (χ1n) is 8.82. The molecule has 0 aliphatic heterocycles. The van der Waals surface area contributed by atoms with E-state index >= 15 is 0 Å². The summed E-state index contributed by atoms with van der Waals surface area (Å²) >= 11 is 0. The van der Waals surface area contributed by atoms with E-state index in [0.29, 0.717) is 5.92 Å². The fraction of sp³-hybridized carbons (Fsp3) is 0.750. The number of carbonyl (C=O) groups excluding carboxylic acids is 1. The van der Waals surface area contributed by atoms with Crippen molar-refractivity contribution in [3.8, 4) is 0 Å². The minimum atomic E-state index is -0.831. The number of hydrogen-bond acceptors (Lipinski definition) is 2. The molecular weight excluding hydrogens is 272 g/mol. The Balaban J connectivity index is 1.99. The highest BCUT2D eigenvalue weighted by atomic mass is 16.4. The molecule has 2 nitrogen and oxygen atoms in total. The van der Waals surface area contributed by atoms with Crippen LogP contribution < -0.4 is 5.11 Å². The summed E-state index contributed by atoms with van der Waals surface area (Å²) in [4.78, 5) is 11.8. The molecule has 0 amide bonds. The van der Waals surface area contributed by atoms with Crippen LogP contribution in [0.3, 0.4) is 0 Å². The maximum absolute atomic E-state index is 11.8. The van der Waals surface area contributed by atoms with Crippen molar-refractivity contribution in [1.29, 1.82) is 0 Å². The van der Waals surface area contributed by atoms with Crippen LogP contribution in [-0.4, -0.2) is 5.97 Å². The van der Waals surface area contributed by atoms with E-state index in [4.69, 9.17) is 0 Å². The summed E-state index contributed by atoms with van der Waals surface area (Å²) in [5.41, 5.74) is 1.17. The van der Waals surface area contributed by atoms with E-state index in [1.165, 1.54) is 6.42 Å². The lowest BCUT2D eigenvalue weighted by molar-refractivity contribution is -0.326. The minimum absolute atomic E-state index is 0.125. The summed E-state index contributed by atoms with van der Waals surface area (Å²) in [6.07, 6.45) is 11.8. The smallest absolute Gasteiger partial charge is 0.0476 e. The Morgan fingerprint density at radius 3 is 2.64 bits per heavy atom. The zero-order chi connectivity index (χ0) is 16.2. The third-order valence-corrected chi connectivity index (χ3v) is 7.36. The van der Waals surface area contributed by atoms with Crippen molar-refractivity contribution in [2.45, 2.75) is 65.7 Å². The lowest BCUT2D eigenvalue weighted by Crippen LogP contribution is -2.57. The third kappa shape index (κ3) is 2.10. The second-order valence-electron chi connectivity index (χ2n) is 8.68. The molecular formula is C20H29O2-. The van der Waals surface area contributed by atoms with E-state index in [-0.39, 0.29) is 16.7 Å². The van der Waals surface area contributed by atoms with Gasteiger partial charge in [-0.3, -0.25) is 0 Å². The Hall–Kier alpha value is -1.05. The summed E-state index contributed by atoms with van der Waals surface area (Å²) in [5, 5.41) is 11.8. The number of fused-ring (bicyclic) bond motifs is 3. The molecule has 2 fully saturated rings. The molecule has 0 N–H and O–H groups in total. The highest BCUT2D eigenvalue weighted by Gasteiger charge is 2.56. The van der Waals surface area contributed by atoms with Gasteiger partial charge in [0.25, 0.3) is 0 Å². The quantitative estimate of drug-likeness (QED) is 0.726. The van der Waals surface area contributed by atoms with Gasteiger partial charge in [0.15, 0.2) is 0 Å². The monoisotopic (exact) mass is 301 g/mol. The Bertz CT molecular complexity index is 534. The molecule has 0 spiro atoms. The molecule has 0 saturated heterocycles. The third-order valence-electron chi connectivity index (χ3n) is 7.36. The van der Waals surface area contributed by atoms with Crippen LogP contribution in [0.2, 0.25) is 0 Å². The van der Waals surface area contributed by atoms with Crippen molar-refractivity contribution in [2.75, 3.05) is 0 Å². The number of aliphatic carboxylic acids is 1. The van der Waals surface area contributed by atoms with Crippen LogP contribution in [0.5, 0.6) is 0 Å². The Labute approximate surface area is 134 Å². The highest BCUT2D eigenvalue weighted by Crippen LogP contribution is 2.63. The first-order valence-corrected chi connectivity index (χ1v) is 8.82. The van der Waals surface area contributed by atoms with E-state index in [1.54, 1.807) is 5.57 Å². The normalized spacial score (nSPS) is 47.9. The molecule has 5 atom stereocenters. The summed E-state index contributed by atoms with van der Waals surface area (Å²) in [6, 6.07) is 0. The molecule has 0 heterocycles.